The van der Waals surface area contributed by atoms with Crippen molar-refractivity contribution >= 4 is 17.8 Å². The van der Waals surface area contributed by atoms with Gasteiger partial charge in [0.05, 0.1) is 6.54 Å². The molecule has 1 saturated heterocycles. The molecule has 0 aromatic rings. The first-order valence-electron chi connectivity index (χ1n) is 5.04. The van der Waals surface area contributed by atoms with Crippen LogP contribution >= 0.6 is 0 Å². The van der Waals surface area contributed by atoms with Crippen LogP contribution in [0.1, 0.15) is 12.8 Å². The molecule has 2 N–H and O–H groups in total. The van der Waals surface area contributed by atoms with Crippen LogP contribution in [-0.4, -0.2) is 48.9 Å². The third kappa shape index (κ3) is 1.93. The van der Waals surface area contributed by atoms with E-state index in [1.807, 2.05) is 0 Å². The second-order valence-electron chi connectivity index (χ2n) is 3.68. The van der Waals surface area contributed by atoms with Crippen molar-refractivity contribution in [2.45, 2.75) is 18.9 Å². The third-order valence-corrected chi connectivity index (χ3v) is 2.63. The summed E-state index contributed by atoms with van der Waals surface area (Å²) in [5, 5.41) is 6.05. The maximum Gasteiger partial charge on any atom is 0.251 e. The number of aliphatic imine (C=N–C) groups is 1. The average Bonchev–Trinajstić information content (AvgIpc) is 2.72. The van der Waals surface area contributed by atoms with Gasteiger partial charge in [-0.05, 0) is 6.42 Å². The highest BCUT2D eigenvalue weighted by molar-refractivity contribution is 6.01. The van der Waals surface area contributed by atoms with E-state index < -0.39 is 0 Å². The van der Waals surface area contributed by atoms with Gasteiger partial charge in [0.25, 0.3) is 5.91 Å². The Morgan fingerprint density at radius 2 is 2.33 bits per heavy atom. The van der Waals surface area contributed by atoms with Gasteiger partial charge in [0.15, 0.2) is 5.96 Å². The van der Waals surface area contributed by atoms with E-state index in [1.165, 1.54) is 11.9 Å². The van der Waals surface area contributed by atoms with Crippen molar-refractivity contribution in [3.05, 3.63) is 0 Å². The van der Waals surface area contributed by atoms with Crippen LogP contribution in [0.25, 0.3) is 0 Å². The fraction of sp³-hybridized carbons (Fsp3) is 0.667. The maximum atomic E-state index is 11.7. The van der Waals surface area contributed by atoms with Gasteiger partial charge in [-0.15, -0.1) is 0 Å². The van der Waals surface area contributed by atoms with E-state index in [0.29, 0.717) is 18.8 Å². The van der Waals surface area contributed by atoms with Gasteiger partial charge in [-0.3, -0.25) is 19.5 Å². The fourth-order valence-corrected chi connectivity index (χ4v) is 1.71. The van der Waals surface area contributed by atoms with Crippen LogP contribution in [0.3, 0.4) is 0 Å². The summed E-state index contributed by atoms with van der Waals surface area (Å²) in [5.74, 6) is 0.373. The number of amides is 2. The highest BCUT2D eigenvalue weighted by atomic mass is 16.2. The normalized spacial score (nSPS) is 26.3. The number of nitrogens with zero attached hydrogens (tertiary/aromatic N) is 2. The van der Waals surface area contributed by atoms with Crippen LogP contribution in [0.5, 0.6) is 0 Å². The Kier molecular flexibility index (Phi) is 2.57. The molecule has 0 aromatic heterocycles. The van der Waals surface area contributed by atoms with Crippen molar-refractivity contribution in [2.24, 2.45) is 4.99 Å². The number of imide groups is 1. The van der Waals surface area contributed by atoms with E-state index in [2.05, 4.69) is 15.6 Å². The minimum Gasteiger partial charge on any atom is -0.355 e. The highest BCUT2D eigenvalue weighted by Crippen LogP contribution is 2.11. The third-order valence-electron chi connectivity index (χ3n) is 2.63. The van der Waals surface area contributed by atoms with Gasteiger partial charge >= 0.3 is 0 Å². The van der Waals surface area contributed by atoms with Crippen LogP contribution in [0.4, 0.5) is 0 Å². The molecule has 0 bridgehead atoms. The van der Waals surface area contributed by atoms with Crippen molar-refractivity contribution in [2.75, 3.05) is 20.1 Å². The summed E-state index contributed by atoms with van der Waals surface area (Å²) >= 11 is 0. The van der Waals surface area contributed by atoms with E-state index in [-0.39, 0.29) is 17.9 Å². The summed E-state index contributed by atoms with van der Waals surface area (Å²) in [6, 6.07) is -0.322. The standard InChI is InChI=1S/C9H14N4O2/c1-13-7(14)3-2-6(8(13)15)12-9-10-4-5-11-9/h6H,2-5H2,1H3,(H2,10,11,12). The molecule has 15 heavy (non-hydrogen) atoms. The molecule has 0 saturated carbocycles. The van der Waals surface area contributed by atoms with Gasteiger partial charge in [0, 0.05) is 20.0 Å². The Bertz CT molecular complexity index is 326. The molecular formula is C9H14N4O2. The number of nitrogens with one attached hydrogen (secondary N) is 2. The summed E-state index contributed by atoms with van der Waals surface area (Å²) < 4.78 is 0. The zero-order chi connectivity index (χ0) is 10.8. The number of guanidine groups is 1. The first-order chi connectivity index (χ1) is 7.18. The number of piperidine rings is 1. The molecular weight excluding hydrogens is 196 g/mol. The van der Waals surface area contributed by atoms with Gasteiger partial charge in [-0.1, -0.05) is 0 Å². The van der Waals surface area contributed by atoms with Crippen LogP contribution in [0, 0.1) is 0 Å². The summed E-state index contributed by atoms with van der Waals surface area (Å²) in [6.45, 7) is 1.54. The lowest BCUT2D eigenvalue weighted by molar-refractivity contribution is -0.147. The number of likely N-dealkylation sites (N-methyl/N-ethyl adjacent to an activating group) is 1. The van der Waals surface area contributed by atoms with E-state index in [0.717, 1.165) is 13.1 Å². The molecule has 2 aliphatic rings. The van der Waals surface area contributed by atoms with Crippen molar-refractivity contribution < 1.29 is 9.59 Å². The molecule has 2 amide bonds. The zero-order valence-electron chi connectivity index (χ0n) is 8.62. The van der Waals surface area contributed by atoms with Crippen LogP contribution in [0.2, 0.25) is 0 Å². The minimum atomic E-state index is -0.322. The number of rotatable bonds is 1. The zero-order valence-corrected chi connectivity index (χ0v) is 8.62. The molecule has 82 valence electrons. The molecule has 6 heteroatoms. The largest absolute Gasteiger partial charge is 0.355 e. The molecule has 1 atom stereocenters. The molecule has 2 aliphatic heterocycles. The quantitative estimate of drug-likeness (QED) is 0.527. The van der Waals surface area contributed by atoms with Crippen LogP contribution in [0.15, 0.2) is 4.99 Å². The molecule has 1 fully saturated rings. The molecule has 6 nitrogen and oxygen atoms in total. The Hall–Kier alpha value is -1.59. The number of likely N-dealkylation sites (tertiary alicyclic amines) is 1. The number of hydrogen-bond donors (Lipinski definition) is 2. The molecule has 1 unspecified atom stereocenters. The van der Waals surface area contributed by atoms with Crippen molar-refractivity contribution in [3.63, 3.8) is 0 Å². The number of carbonyl (C=O) groups excluding carboxylic acids is 2. The smallest absolute Gasteiger partial charge is 0.251 e. The van der Waals surface area contributed by atoms with E-state index in [9.17, 15) is 9.59 Å². The predicted octanol–water partition coefficient (Wildman–Crippen LogP) is -1.32. The molecule has 2 heterocycles. The number of hydrogen-bond acceptors (Lipinski definition) is 5. The Labute approximate surface area is 87.7 Å². The van der Waals surface area contributed by atoms with E-state index in [1.54, 1.807) is 0 Å². The molecule has 0 aliphatic carbocycles. The van der Waals surface area contributed by atoms with E-state index in [4.69, 9.17) is 0 Å². The first-order valence-corrected chi connectivity index (χ1v) is 5.04. The van der Waals surface area contributed by atoms with E-state index >= 15 is 0 Å². The minimum absolute atomic E-state index is 0.112. The van der Waals surface area contributed by atoms with Crippen molar-refractivity contribution in [3.8, 4) is 0 Å². The molecule has 2 rings (SSSR count). The lowest BCUT2D eigenvalue weighted by Crippen LogP contribution is -2.54. The van der Waals surface area contributed by atoms with Gasteiger partial charge in [0.1, 0.15) is 6.04 Å². The Balaban J connectivity index is 1.98. The Morgan fingerprint density at radius 1 is 1.53 bits per heavy atom. The lowest BCUT2D eigenvalue weighted by atomic mass is 10.1. The fourth-order valence-electron chi connectivity index (χ4n) is 1.71. The average molecular weight is 210 g/mol. The Morgan fingerprint density at radius 3 is 3.00 bits per heavy atom. The second kappa shape index (κ2) is 3.88. The second-order valence-corrected chi connectivity index (χ2v) is 3.68. The molecule has 0 radical (unpaired) electrons. The van der Waals surface area contributed by atoms with Gasteiger partial charge < -0.3 is 10.6 Å². The monoisotopic (exact) mass is 210 g/mol. The summed E-state index contributed by atoms with van der Waals surface area (Å²) in [6.07, 6.45) is 0.954. The van der Waals surface area contributed by atoms with Crippen molar-refractivity contribution in [1.82, 2.24) is 15.5 Å². The summed E-state index contributed by atoms with van der Waals surface area (Å²) in [4.78, 5) is 28.2. The summed E-state index contributed by atoms with van der Waals surface area (Å²) in [7, 11) is 1.52. The topological polar surface area (TPSA) is 73.8 Å². The predicted molar refractivity (Wildman–Crippen MR) is 54.2 cm³/mol. The molecule has 0 spiro atoms. The first kappa shape index (κ1) is 9.95. The van der Waals surface area contributed by atoms with Crippen LogP contribution in [-0.2, 0) is 9.59 Å². The van der Waals surface area contributed by atoms with Crippen molar-refractivity contribution in [1.29, 1.82) is 0 Å². The molecule has 0 aromatic carbocycles. The highest BCUT2D eigenvalue weighted by Gasteiger charge is 2.32. The van der Waals surface area contributed by atoms with Gasteiger partial charge in [-0.2, -0.15) is 0 Å². The lowest BCUT2D eigenvalue weighted by Gasteiger charge is -2.28. The van der Waals surface area contributed by atoms with Gasteiger partial charge in [-0.25, -0.2) is 0 Å². The SMILES string of the molecule is CN1C(=O)CCC(NC2=NCCN2)C1=O. The van der Waals surface area contributed by atoms with Crippen LogP contribution < -0.4 is 10.6 Å². The van der Waals surface area contributed by atoms with Gasteiger partial charge in [0.2, 0.25) is 5.91 Å². The maximum absolute atomic E-state index is 11.7. The number of carbonyl (C=O) groups is 2. The summed E-state index contributed by atoms with van der Waals surface area (Å²) in [5.41, 5.74) is 0.